The van der Waals surface area contributed by atoms with Gasteiger partial charge < -0.3 is 10.4 Å². The number of aliphatic hydroxyl groups is 1. The van der Waals surface area contributed by atoms with Gasteiger partial charge in [-0.2, -0.15) is 0 Å². The summed E-state index contributed by atoms with van der Waals surface area (Å²) >= 11 is 0. The van der Waals surface area contributed by atoms with Crippen molar-refractivity contribution < 1.29 is 14.8 Å². The van der Waals surface area contributed by atoms with E-state index in [9.17, 15) is 20.0 Å². The van der Waals surface area contributed by atoms with Crippen molar-refractivity contribution in [3.8, 4) is 0 Å². The van der Waals surface area contributed by atoms with E-state index in [2.05, 4.69) is 5.32 Å². The van der Waals surface area contributed by atoms with Gasteiger partial charge in [-0.1, -0.05) is 26.0 Å². The molecule has 6 heteroatoms. The van der Waals surface area contributed by atoms with Crippen LogP contribution in [0, 0.1) is 16.0 Å². The normalized spacial score (nSPS) is 14.1. The Labute approximate surface area is 123 Å². The Kier molecular flexibility index (Phi) is 5.60. The third kappa shape index (κ3) is 5.35. The summed E-state index contributed by atoms with van der Waals surface area (Å²) in [5, 5.41) is 23.3. The van der Waals surface area contributed by atoms with Crippen LogP contribution in [-0.2, 0) is 4.79 Å². The number of benzene rings is 1. The van der Waals surface area contributed by atoms with E-state index in [-0.39, 0.29) is 24.1 Å². The molecule has 114 valence electrons. The highest BCUT2D eigenvalue weighted by molar-refractivity contribution is 5.91. The van der Waals surface area contributed by atoms with Crippen LogP contribution < -0.4 is 5.32 Å². The van der Waals surface area contributed by atoms with Gasteiger partial charge in [0, 0.05) is 24.8 Å². The fourth-order valence-corrected chi connectivity index (χ4v) is 1.44. The number of nitro groups is 1. The van der Waals surface area contributed by atoms with Crippen molar-refractivity contribution in [2.24, 2.45) is 5.92 Å². The number of hydrogen-bond acceptors (Lipinski definition) is 4. The first kappa shape index (κ1) is 16.8. The average molecular weight is 292 g/mol. The number of carbonyl (C=O) groups excluding carboxylic acids is 1. The van der Waals surface area contributed by atoms with E-state index in [0.717, 1.165) is 0 Å². The van der Waals surface area contributed by atoms with Crippen molar-refractivity contribution in [2.45, 2.75) is 26.4 Å². The van der Waals surface area contributed by atoms with Gasteiger partial charge in [-0.25, -0.2) is 0 Å². The van der Waals surface area contributed by atoms with Crippen LogP contribution in [0.15, 0.2) is 30.3 Å². The first-order valence-electron chi connectivity index (χ1n) is 6.65. The smallest absolute Gasteiger partial charge is 0.270 e. The van der Waals surface area contributed by atoms with Gasteiger partial charge in [0.25, 0.3) is 5.69 Å². The number of rotatable bonds is 6. The molecule has 0 saturated carbocycles. The summed E-state index contributed by atoms with van der Waals surface area (Å²) in [6.07, 6.45) is 2.78. The molecule has 0 bridgehead atoms. The second-order valence-corrected chi connectivity index (χ2v) is 5.42. The molecule has 0 saturated heterocycles. The number of nitrogens with zero attached hydrogens (tertiary/aromatic N) is 1. The SMILES string of the molecule is CC(C)C(C)(O)CNC(=O)/C=C/c1cccc([N+](=O)[O-])c1. The minimum atomic E-state index is -0.977. The maximum atomic E-state index is 11.7. The Bertz CT molecular complexity index is 550. The number of non-ortho nitro benzene ring substituents is 1. The summed E-state index contributed by atoms with van der Waals surface area (Å²) in [6.45, 7) is 5.53. The molecule has 0 fully saturated rings. The van der Waals surface area contributed by atoms with Gasteiger partial charge >= 0.3 is 0 Å². The summed E-state index contributed by atoms with van der Waals surface area (Å²) in [5.41, 5.74) is -0.440. The van der Waals surface area contributed by atoms with E-state index in [1.165, 1.54) is 24.3 Å². The number of nitrogens with one attached hydrogen (secondary N) is 1. The predicted octanol–water partition coefficient (Wildman–Crippen LogP) is 2.13. The Morgan fingerprint density at radius 1 is 1.52 bits per heavy atom. The molecule has 0 aliphatic carbocycles. The molecule has 21 heavy (non-hydrogen) atoms. The molecule has 1 atom stereocenters. The lowest BCUT2D eigenvalue weighted by molar-refractivity contribution is -0.384. The van der Waals surface area contributed by atoms with Crippen LogP contribution in [0.4, 0.5) is 5.69 Å². The van der Waals surface area contributed by atoms with E-state index in [0.29, 0.717) is 5.56 Å². The van der Waals surface area contributed by atoms with Gasteiger partial charge in [0.2, 0.25) is 5.91 Å². The first-order chi connectivity index (χ1) is 9.72. The van der Waals surface area contributed by atoms with Gasteiger partial charge in [0.15, 0.2) is 0 Å². The standard InChI is InChI=1S/C15H20N2O4/c1-11(2)15(3,19)10-16-14(18)8-7-12-5-4-6-13(9-12)17(20)21/h4-9,11,19H,10H2,1-3H3,(H,16,18)/b8-7+. The van der Waals surface area contributed by atoms with E-state index >= 15 is 0 Å². The molecular weight excluding hydrogens is 272 g/mol. The maximum absolute atomic E-state index is 11.7. The second kappa shape index (κ2) is 6.99. The van der Waals surface area contributed by atoms with Crippen molar-refractivity contribution in [1.82, 2.24) is 5.32 Å². The van der Waals surface area contributed by atoms with E-state index in [1.54, 1.807) is 19.1 Å². The number of nitro benzene ring substituents is 1. The predicted molar refractivity (Wildman–Crippen MR) is 80.6 cm³/mol. The highest BCUT2D eigenvalue weighted by atomic mass is 16.6. The van der Waals surface area contributed by atoms with Crippen LogP contribution >= 0.6 is 0 Å². The lowest BCUT2D eigenvalue weighted by atomic mass is 9.92. The van der Waals surface area contributed by atoms with Gasteiger partial charge in [-0.15, -0.1) is 0 Å². The minimum absolute atomic E-state index is 0.0125. The highest BCUT2D eigenvalue weighted by Crippen LogP contribution is 2.15. The van der Waals surface area contributed by atoms with Gasteiger partial charge in [0.05, 0.1) is 10.5 Å². The molecule has 1 amide bonds. The third-order valence-electron chi connectivity index (χ3n) is 3.37. The molecule has 1 rings (SSSR count). The minimum Gasteiger partial charge on any atom is -0.388 e. The van der Waals surface area contributed by atoms with E-state index in [4.69, 9.17) is 0 Å². The Morgan fingerprint density at radius 3 is 2.76 bits per heavy atom. The van der Waals surface area contributed by atoms with Gasteiger partial charge in [-0.05, 0) is 24.5 Å². The molecule has 0 aromatic heterocycles. The van der Waals surface area contributed by atoms with Crippen LogP contribution in [0.2, 0.25) is 0 Å². The van der Waals surface area contributed by atoms with Crippen LogP contribution in [0.25, 0.3) is 6.08 Å². The van der Waals surface area contributed by atoms with Gasteiger partial charge in [0.1, 0.15) is 0 Å². The molecule has 0 aliphatic rings. The monoisotopic (exact) mass is 292 g/mol. The molecule has 1 unspecified atom stereocenters. The van der Waals surface area contributed by atoms with Crippen molar-refractivity contribution in [2.75, 3.05) is 6.54 Å². The topological polar surface area (TPSA) is 92.5 Å². The van der Waals surface area contributed by atoms with Crippen molar-refractivity contribution in [3.05, 3.63) is 46.0 Å². The molecule has 6 nitrogen and oxygen atoms in total. The largest absolute Gasteiger partial charge is 0.388 e. The summed E-state index contributed by atoms with van der Waals surface area (Å²) in [4.78, 5) is 21.8. The van der Waals surface area contributed by atoms with Crippen molar-refractivity contribution in [3.63, 3.8) is 0 Å². The molecule has 0 heterocycles. The summed E-state index contributed by atoms with van der Waals surface area (Å²) in [6, 6.07) is 5.99. The fourth-order valence-electron chi connectivity index (χ4n) is 1.44. The molecule has 2 N–H and O–H groups in total. The molecule has 1 aromatic rings. The van der Waals surface area contributed by atoms with Crippen LogP contribution in [-0.4, -0.2) is 28.1 Å². The summed E-state index contributed by atoms with van der Waals surface area (Å²) in [7, 11) is 0. The molecule has 1 aromatic carbocycles. The van der Waals surface area contributed by atoms with Gasteiger partial charge in [-0.3, -0.25) is 14.9 Å². The second-order valence-electron chi connectivity index (χ2n) is 5.42. The number of amides is 1. The number of carbonyl (C=O) groups is 1. The van der Waals surface area contributed by atoms with Crippen LogP contribution in [0.1, 0.15) is 26.3 Å². The van der Waals surface area contributed by atoms with Crippen LogP contribution in [0.5, 0.6) is 0 Å². The quantitative estimate of drug-likeness (QED) is 0.477. The van der Waals surface area contributed by atoms with Crippen LogP contribution in [0.3, 0.4) is 0 Å². The molecular formula is C15H20N2O4. The highest BCUT2D eigenvalue weighted by Gasteiger charge is 2.24. The van der Waals surface area contributed by atoms with E-state index < -0.39 is 10.5 Å². The molecule has 0 aliphatic heterocycles. The zero-order valence-electron chi connectivity index (χ0n) is 12.4. The summed E-state index contributed by atoms with van der Waals surface area (Å²) in [5.74, 6) is -0.346. The van der Waals surface area contributed by atoms with Crippen molar-refractivity contribution >= 4 is 17.7 Å². The van der Waals surface area contributed by atoms with Crippen molar-refractivity contribution in [1.29, 1.82) is 0 Å². The first-order valence-corrected chi connectivity index (χ1v) is 6.65. The lowest BCUT2D eigenvalue weighted by Gasteiger charge is -2.27. The maximum Gasteiger partial charge on any atom is 0.270 e. The molecule has 0 spiro atoms. The fraction of sp³-hybridized carbons (Fsp3) is 0.400. The molecule has 0 radical (unpaired) electrons. The van der Waals surface area contributed by atoms with E-state index in [1.807, 2.05) is 13.8 Å². The average Bonchev–Trinajstić information content (AvgIpc) is 2.43. The number of hydrogen-bond donors (Lipinski definition) is 2. The Balaban J connectivity index is 2.62. The Morgan fingerprint density at radius 2 is 2.19 bits per heavy atom. The Hall–Kier alpha value is -2.21. The lowest BCUT2D eigenvalue weighted by Crippen LogP contribution is -2.43. The third-order valence-corrected chi connectivity index (χ3v) is 3.37. The zero-order chi connectivity index (χ0) is 16.0. The zero-order valence-corrected chi connectivity index (χ0v) is 12.4. The summed E-state index contributed by atoms with van der Waals surface area (Å²) < 4.78 is 0.